The number of aryl methyl sites for hydroxylation is 1. The summed E-state index contributed by atoms with van der Waals surface area (Å²) in [6.45, 7) is 5.14. The second-order valence-electron chi connectivity index (χ2n) is 5.00. The zero-order chi connectivity index (χ0) is 16.4. The number of aromatic hydroxyl groups is 1. The van der Waals surface area contributed by atoms with E-state index < -0.39 is 17.2 Å². The van der Waals surface area contributed by atoms with Gasteiger partial charge in [-0.2, -0.15) is 5.26 Å². The number of carbonyl (C=O) groups is 1. The fourth-order valence-electron chi connectivity index (χ4n) is 2.48. The first-order chi connectivity index (χ1) is 10.4. The lowest BCUT2D eigenvalue weighted by atomic mass is 9.95. The highest BCUT2D eigenvalue weighted by atomic mass is 16.3. The number of nitrogens with zero attached hydrogens (tertiary/aromatic N) is 2. The number of carbonyl (C=O) groups excluding carboxylic acids is 1. The smallest absolute Gasteiger partial charge is 0.271 e. The van der Waals surface area contributed by atoms with E-state index in [0.717, 1.165) is 10.1 Å². The molecule has 22 heavy (non-hydrogen) atoms. The third kappa shape index (κ3) is 2.29. The molecular weight excluding hydrogens is 280 g/mol. The molecule has 5 nitrogen and oxygen atoms in total. The van der Waals surface area contributed by atoms with Crippen molar-refractivity contribution < 1.29 is 9.90 Å². The summed E-state index contributed by atoms with van der Waals surface area (Å²) in [4.78, 5) is 24.9. The third-order valence-electron chi connectivity index (χ3n) is 3.73. The van der Waals surface area contributed by atoms with E-state index in [1.807, 2.05) is 12.1 Å². The maximum Gasteiger partial charge on any atom is 0.271 e. The highest BCUT2D eigenvalue weighted by Crippen LogP contribution is 2.25. The van der Waals surface area contributed by atoms with Crippen LogP contribution in [0.2, 0.25) is 0 Å². The van der Waals surface area contributed by atoms with Gasteiger partial charge in [0.2, 0.25) is 5.88 Å². The molecule has 0 unspecified atom stereocenters. The predicted molar refractivity (Wildman–Crippen MR) is 82.1 cm³/mol. The number of hydrogen-bond donors (Lipinski definition) is 1. The summed E-state index contributed by atoms with van der Waals surface area (Å²) in [7, 11) is 0. The molecule has 1 aromatic carbocycles. The Bertz CT molecular complexity index is 857. The fraction of sp³-hybridized carbons (Fsp3) is 0.235. The van der Waals surface area contributed by atoms with Gasteiger partial charge in [-0.1, -0.05) is 24.3 Å². The van der Waals surface area contributed by atoms with E-state index in [1.165, 1.54) is 6.92 Å². The van der Waals surface area contributed by atoms with Crippen LogP contribution in [0.1, 0.15) is 39.5 Å². The Balaban J connectivity index is 2.82. The van der Waals surface area contributed by atoms with Crippen LogP contribution in [-0.2, 0) is 6.54 Å². The van der Waals surface area contributed by atoms with Crippen LogP contribution in [-0.4, -0.2) is 15.5 Å². The van der Waals surface area contributed by atoms with Crippen LogP contribution in [0.25, 0.3) is 0 Å². The minimum absolute atomic E-state index is 0.00676. The molecule has 0 fully saturated rings. The van der Waals surface area contributed by atoms with E-state index in [4.69, 9.17) is 0 Å². The molecular formula is C17H16N2O3. The van der Waals surface area contributed by atoms with Crippen molar-refractivity contribution in [2.24, 2.45) is 0 Å². The molecule has 1 N–H and O–H groups in total. The van der Waals surface area contributed by atoms with Crippen molar-refractivity contribution in [3.05, 3.63) is 62.4 Å². The SMILES string of the molecule is CCn1c(O)c(C(=O)c2ccccc2C)c(C)c(C#N)c1=O. The van der Waals surface area contributed by atoms with Crippen molar-refractivity contribution in [3.63, 3.8) is 0 Å². The molecule has 112 valence electrons. The van der Waals surface area contributed by atoms with Crippen molar-refractivity contribution in [1.82, 2.24) is 4.57 Å². The van der Waals surface area contributed by atoms with Crippen LogP contribution in [0.5, 0.6) is 5.88 Å². The molecule has 0 spiro atoms. The number of hydrogen-bond acceptors (Lipinski definition) is 4. The molecule has 0 atom stereocenters. The Hall–Kier alpha value is -2.87. The third-order valence-corrected chi connectivity index (χ3v) is 3.73. The second-order valence-corrected chi connectivity index (χ2v) is 5.00. The average Bonchev–Trinajstić information content (AvgIpc) is 2.48. The summed E-state index contributed by atoms with van der Waals surface area (Å²) in [5, 5.41) is 19.5. The lowest BCUT2D eigenvalue weighted by molar-refractivity contribution is 0.103. The summed E-state index contributed by atoms with van der Waals surface area (Å²) in [5.41, 5.74) is 0.721. The Kier molecular flexibility index (Phi) is 4.13. The first-order valence-electron chi connectivity index (χ1n) is 6.90. The minimum Gasteiger partial charge on any atom is -0.494 e. The summed E-state index contributed by atoms with van der Waals surface area (Å²) < 4.78 is 1.04. The first kappa shape index (κ1) is 15.5. The molecule has 0 radical (unpaired) electrons. The normalized spacial score (nSPS) is 10.3. The van der Waals surface area contributed by atoms with Crippen LogP contribution in [0, 0.1) is 25.2 Å². The standard InChI is InChI=1S/C17H16N2O3/c1-4-19-16(21)13(9-18)11(3)14(17(19)22)15(20)12-8-6-5-7-10(12)2/h5-8,22H,4H2,1-3H3. The molecule has 1 aromatic heterocycles. The number of benzene rings is 1. The van der Waals surface area contributed by atoms with Gasteiger partial charge in [-0.05, 0) is 31.9 Å². The van der Waals surface area contributed by atoms with Gasteiger partial charge in [0.25, 0.3) is 5.56 Å². The Morgan fingerprint density at radius 3 is 2.50 bits per heavy atom. The van der Waals surface area contributed by atoms with Crippen molar-refractivity contribution >= 4 is 5.78 Å². The van der Waals surface area contributed by atoms with Gasteiger partial charge in [-0.25, -0.2) is 0 Å². The Morgan fingerprint density at radius 2 is 1.95 bits per heavy atom. The lowest BCUT2D eigenvalue weighted by Gasteiger charge is -2.15. The van der Waals surface area contributed by atoms with E-state index in [-0.39, 0.29) is 23.2 Å². The van der Waals surface area contributed by atoms with E-state index in [9.17, 15) is 20.0 Å². The Morgan fingerprint density at radius 1 is 1.32 bits per heavy atom. The Labute approximate surface area is 128 Å². The van der Waals surface area contributed by atoms with Gasteiger partial charge < -0.3 is 5.11 Å². The van der Waals surface area contributed by atoms with Crippen LogP contribution in [0.4, 0.5) is 0 Å². The number of nitriles is 1. The van der Waals surface area contributed by atoms with E-state index in [0.29, 0.717) is 5.56 Å². The lowest BCUT2D eigenvalue weighted by Crippen LogP contribution is -2.26. The molecule has 2 rings (SSSR count). The van der Waals surface area contributed by atoms with E-state index in [1.54, 1.807) is 32.0 Å². The molecule has 0 amide bonds. The largest absolute Gasteiger partial charge is 0.494 e. The number of ketones is 1. The molecule has 0 aliphatic carbocycles. The van der Waals surface area contributed by atoms with Gasteiger partial charge in [0.15, 0.2) is 5.78 Å². The zero-order valence-electron chi connectivity index (χ0n) is 12.7. The van der Waals surface area contributed by atoms with Gasteiger partial charge in [-0.3, -0.25) is 14.2 Å². The van der Waals surface area contributed by atoms with Gasteiger partial charge >= 0.3 is 0 Å². The van der Waals surface area contributed by atoms with Gasteiger partial charge in [-0.15, -0.1) is 0 Å². The van der Waals surface area contributed by atoms with Crippen LogP contribution >= 0.6 is 0 Å². The monoisotopic (exact) mass is 296 g/mol. The van der Waals surface area contributed by atoms with E-state index >= 15 is 0 Å². The zero-order valence-corrected chi connectivity index (χ0v) is 12.7. The number of rotatable bonds is 3. The molecule has 0 aliphatic rings. The summed E-state index contributed by atoms with van der Waals surface area (Å²) in [5.74, 6) is -0.788. The number of aromatic nitrogens is 1. The topological polar surface area (TPSA) is 83.1 Å². The van der Waals surface area contributed by atoms with Crippen LogP contribution in [0.3, 0.4) is 0 Å². The van der Waals surface area contributed by atoms with Gasteiger partial charge in [0.05, 0.1) is 5.56 Å². The average molecular weight is 296 g/mol. The summed E-state index contributed by atoms with van der Waals surface area (Å²) >= 11 is 0. The molecule has 0 bridgehead atoms. The summed E-state index contributed by atoms with van der Waals surface area (Å²) in [6, 6.07) is 8.82. The predicted octanol–water partition coefficient (Wildman–Crippen LogP) is 2.29. The molecule has 2 aromatic rings. The fourth-order valence-corrected chi connectivity index (χ4v) is 2.48. The molecule has 1 heterocycles. The summed E-state index contributed by atoms with van der Waals surface area (Å²) in [6.07, 6.45) is 0. The molecule has 5 heteroatoms. The maximum absolute atomic E-state index is 12.8. The second kappa shape index (κ2) is 5.86. The van der Waals surface area contributed by atoms with E-state index in [2.05, 4.69) is 0 Å². The first-order valence-corrected chi connectivity index (χ1v) is 6.90. The van der Waals surface area contributed by atoms with Crippen molar-refractivity contribution in [1.29, 1.82) is 5.26 Å². The number of pyridine rings is 1. The van der Waals surface area contributed by atoms with Crippen LogP contribution in [0.15, 0.2) is 29.1 Å². The minimum atomic E-state index is -0.582. The molecule has 0 saturated carbocycles. The maximum atomic E-state index is 12.8. The van der Waals surface area contributed by atoms with Crippen LogP contribution < -0.4 is 5.56 Å². The van der Waals surface area contributed by atoms with Gasteiger partial charge in [0.1, 0.15) is 11.6 Å². The van der Waals surface area contributed by atoms with Crippen molar-refractivity contribution in [2.75, 3.05) is 0 Å². The quantitative estimate of drug-likeness (QED) is 0.881. The van der Waals surface area contributed by atoms with Crippen molar-refractivity contribution in [3.8, 4) is 11.9 Å². The molecule has 0 aliphatic heterocycles. The van der Waals surface area contributed by atoms with Crippen molar-refractivity contribution in [2.45, 2.75) is 27.3 Å². The molecule has 0 saturated heterocycles. The highest BCUT2D eigenvalue weighted by molar-refractivity contribution is 6.12. The highest BCUT2D eigenvalue weighted by Gasteiger charge is 2.24. The van der Waals surface area contributed by atoms with Gasteiger partial charge in [0, 0.05) is 12.1 Å².